The molecule has 2 fully saturated rings. The van der Waals surface area contributed by atoms with Gasteiger partial charge in [-0.15, -0.1) is 10.2 Å². The van der Waals surface area contributed by atoms with Crippen molar-refractivity contribution >= 4 is 11.5 Å². The largest absolute Gasteiger partial charge is 0.353 e. The summed E-state index contributed by atoms with van der Waals surface area (Å²) >= 11 is 0. The number of rotatable bonds is 1. The molecule has 4 rings (SSSR count). The zero-order chi connectivity index (χ0) is 14.6. The van der Waals surface area contributed by atoms with E-state index in [0.717, 1.165) is 42.2 Å². The van der Waals surface area contributed by atoms with Crippen LogP contribution in [0.1, 0.15) is 45.9 Å². The van der Waals surface area contributed by atoms with Crippen molar-refractivity contribution in [2.24, 2.45) is 11.8 Å². The molecule has 2 aromatic heterocycles. The first-order valence-electron chi connectivity index (χ1n) is 7.99. The van der Waals surface area contributed by atoms with Gasteiger partial charge in [0.2, 0.25) is 5.65 Å². The van der Waals surface area contributed by atoms with E-state index in [1.165, 1.54) is 19.3 Å². The molecule has 21 heavy (non-hydrogen) atoms. The van der Waals surface area contributed by atoms with Crippen molar-refractivity contribution in [3.8, 4) is 0 Å². The number of hydrogen-bond donors (Lipinski definition) is 0. The van der Waals surface area contributed by atoms with Crippen LogP contribution < -0.4 is 4.90 Å². The molecule has 0 radical (unpaired) electrons. The van der Waals surface area contributed by atoms with Crippen LogP contribution in [0.3, 0.4) is 0 Å². The Kier molecular flexibility index (Phi) is 2.75. The summed E-state index contributed by atoms with van der Waals surface area (Å²) in [6.07, 6.45) is 8.03. The molecule has 0 spiro atoms. The maximum atomic E-state index is 4.61. The third kappa shape index (κ3) is 2.01. The summed E-state index contributed by atoms with van der Waals surface area (Å²) in [5.41, 5.74) is 0.891. The Morgan fingerprint density at radius 3 is 2.48 bits per heavy atom. The Balaban J connectivity index is 1.75. The van der Waals surface area contributed by atoms with E-state index < -0.39 is 0 Å². The Bertz CT molecular complexity index is 657. The summed E-state index contributed by atoms with van der Waals surface area (Å²) in [6.45, 7) is 8.78. The molecule has 0 amide bonds. The molecule has 1 saturated heterocycles. The molecule has 0 bridgehead atoms. The van der Waals surface area contributed by atoms with Gasteiger partial charge in [0.1, 0.15) is 5.82 Å². The average Bonchev–Trinajstić information content (AvgIpc) is 3.10. The van der Waals surface area contributed by atoms with Gasteiger partial charge in [-0.1, -0.05) is 27.2 Å². The fourth-order valence-corrected chi connectivity index (χ4v) is 3.96. The Labute approximate surface area is 125 Å². The smallest absolute Gasteiger partial charge is 0.203 e. The lowest BCUT2D eigenvalue weighted by molar-refractivity contribution is 0.494. The molecule has 1 aliphatic carbocycles. The molecule has 2 aromatic rings. The van der Waals surface area contributed by atoms with E-state index in [9.17, 15) is 0 Å². The summed E-state index contributed by atoms with van der Waals surface area (Å²) in [6, 6.07) is 0. The highest BCUT2D eigenvalue weighted by molar-refractivity contribution is 5.64. The van der Waals surface area contributed by atoms with Crippen LogP contribution in [0.5, 0.6) is 0 Å². The number of fused-ring (bicyclic) bond motifs is 2. The first-order valence-corrected chi connectivity index (χ1v) is 7.99. The van der Waals surface area contributed by atoms with Gasteiger partial charge in [-0.05, 0) is 24.7 Å². The number of nitrogens with zero attached hydrogens (tertiary/aromatic N) is 5. The predicted octanol–water partition coefficient (Wildman–Crippen LogP) is 2.66. The zero-order valence-corrected chi connectivity index (χ0v) is 13.1. The van der Waals surface area contributed by atoms with E-state index >= 15 is 0 Å². The quantitative estimate of drug-likeness (QED) is 0.808. The van der Waals surface area contributed by atoms with Crippen LogP contribution in [0.2, 0.25) is 0 Å². The normalized spacial score (nSPS) is 25.8. The fraction of sp³-hybridized carbons (Fsp3) is 0.688. The van der Waals surface area contributed by atoms with Crippen LogP contribution in [-0.2, 0) is 5.41 Å². The molecule has 0 aromatic carbocycles. The van der Waals surface area contributed by atoms with Gasteiger partial charge in [-0.3, -0.25) is 4.40 Å². The van der Waals surface area contributed by atoms with Gasteiger partial charge in [0.25, 0.3) is 0 Å². The molecule has 2 unspecified atom stereocenters. The Morgan fingerprint density at radius 2 is 1.81 bits per heavy atom. The number of hydrogen-bond acceptors (Lipinski definition) is 4. The fourth-order valence-electron chi connectivity index (χ4n) is 3.96. The molecule has 5 heteroatoms. The lowest BCUT2D eigenvalue weighted by atomic mass is 9.96. The van der Waals surface area contributed by atoms with Crippen LogP contribution in [0.25, 0.3) is 5.65 Å². The van der Waals surface area contributed by atoms with Crippen LogP contribution in [0.4, 0.5) is 5.82 Å². The minimum atomic E-state index is -0.0143. The van der Waals surface area contributed by atoms with Gasteiger partial charge < -0.3 is 4.90 Å². The highest BCUT2D eigenvalue weighted by Gasteiger charge is 2.37. The topological polar surface area (TPSA) is 46.3 Å². The maximum Gasteiger partial charge on any atom is 0.203 e. The van der Waals surface area contributed by atoms with Crippen molar-refractivity contribution < 1.29 is 0 Å². The summed E-state index contributed by atoms with van der Waals surface area (Å²) in [5.74, 6) is 3.73. The standard InChI is InChI=1S/C16H23N5/c1-16(2,3)15-19-18-14-13(17-7-8-21(14)15)20-9-11-5-4-6-12(11)10-20/h7-8,11-12H,4-6,9-10H2,1-3H3. The minimum Gasteiger partial charge on any atom is -0.353 e. The number of aromatic nitrogens is 4. The van der Waals surface area contributed by atoms with Gasteiger partial charge in [-0.25, -0.2) is 4.98 Å². The molecule has 112 valence electrons. The first kappa shape index (κ1) is 13.0. The second-order valence-corrected chi connectivity index (χ2v) is 7.57. The van der Waals surface area contributed by atoms with Crippen LogP contribution in [0.15, 0.2) is 12.4 Å². The maximum absolute atomic E-state index is 4.61. The third-order valence-electron chi connectivity index (χ3n) is 5.01. The minimum absolute atomic E-state index is 0.0143. The van der Waals surface area contributed by atoms with E-state index in [4.69, 9.17) is 0 Å². The monoisotopic (exact) mass is 285 g/mol. The van der Waals surface area contributed by atoms with E-state index in [1.54, 1.807) is 0 Å². The van der Waals surface area contributed by atoms with Crippen molar-refractivity contribution in [1.82, 2.24) is 19.6 Å². The second kappa shape index (κ2) is 4.42. The van der Waals surface area contributed by atoms with E-state index in [1.807, 2.05) is 12.4 Å². The van der Waals surface area contributed by atoms with Crippen molar-refractivity contribution in [2.75, 3.05) is 18.0 Å². The summed E-state index contributed by atoms with van der Waals surface area (Å²) in [7, 11) is 0. The second-order valence-electron chi connectivity index (χ2n) is 7.57. The summed E-state index contributed by atoms with van der Waals surface area (Å²) < 4.78 is 2.11. The van der Waals surface area contributed by atoms with Crippen molar-refractivity contribution in [3.05, 3.63) is 18.2 Å². The molecule has 0 N–H and O–H groups in total. The van der Waals surface area contributed by atoms with Crippen molar-refractivity contribution in [3.63, 3.8) is 0 Å². The van der Waals surface area contributed by atoms with Crippen LogP contribution >= 0.6 is 0 Å². The molecular formula is C16H23N5. The molecule has 3 heterocycles. The molecule has 2 atom stereocenters. The highest BCUT2D eigenvalue weighted by Crippen LogP contribution is 2.39. The van der Waals surface area contributed by atoms with Gasteiger partial charge >= 0.3 is 0 Å². The highest BCUT2D eigenvalue weighted by atomic mass is 15.3. The molecule has 1 saturated carbocycles. The van der Waals surface area contributed by atoms with Gasteiger partial charge in [0.05, 0.1) is 0 Å². The van der Waals surface area contributed by atoms with Crippen LogP contribution in [-0.4, -0.2) is 32.7 Å². The third-order valence-corrected chi connectivity index (χ3v) is 5.01. The SMILES string of the molecule is CC(C)(C)c1nnc2c(N3CC4CCCC4C3)nccn12. The summed E-state index contributed by atoms with van der Waals surface area (Å²) in [4.78, 5) is 7.04. The summed E-state index contributed by atoms with van der Waals surface area (Å²) in [5, 5.41) is 8.85. The van der Waals surface area contributed by atoms with E-state index in [-0.39, 0.29) is 5.41 Å². The zero-order valence-electron chi connectivity index (χ0n) is 13.1. The molecular weight excluding hydrogens is 262 g/mol. The molecule has 1 aliphatic heterocycles. The van der Waals surface area contributed by atoms with Gasteiger partial charge in [-0.2, -0.15) is 0 Å². The lowest BCUT2D eigenvalue weighted by Gasteiger charge is -2.19. The Hall–Kier alpha value is -1.65. The Morgan fingerprint density at radius 1 is 1.10 bits per heavy atom. The van der Waals surface area contributed by atoms with Crippen molar-refractivity contribution in [1.29, 1.82) is 0 Å². The van der Waals surface area contributed by atoms with E-state index in [2.05, 4.69) is 45.3 Å². The number of anilines is 1. The van der Waals surface area contributed by atoms with Gasteiger partial charge in [0, 0.05) is 30.9 Å². The van der Waals surface area contributed by atoms with Crippen molar-refractivity contribution in [2.45, 2.75) is 45.4 Å². The first-order chi connectivity index (χ1) is 10.0. The van der Waals surface area contributed by atoms with Crippen LogP contribution in [0, 0.1) is 11.8 Å². The molecule has 5 nitrogen and oxygen atoms in total. The molecule has 2 aliphatic rings. The lowest BCUT2D eigenvalue weighted by Crippen LogP contribution is -2.23. The van der Waals surface area contributed by atoms with Gasteiger partial charge in [0.15, 0.2) is 5.82 Å². The predicted molar refractivity (Wildman–Crippen MR) is 82.5 cm³/mol. The average molecular weight is 285 g/mol. The van der Waals surface area contributed by atoms with E-state index in [0.29, 0.717) is 0 Å².